The zero-order valence-corrected chi connectivity index (χ0v) is 18.4. The van der Waals surface area contributed by atoms with Crippen molar-refractivity contribution in [3.63, 3.8) is 0 Å². The second-order valence-corrected chi connectivity index (χ2v) is 8.68. The van der Waals surface area contributed by atoms with Gasteiger partial charge in [0.2, 0.25) is 0 Å². The van der Waals surface area contributed by atoms with E-state index in [0.717, 1.165) is 29.1 Å². The van der Waals surface area contributed by atoms with Crippen molar-refractivity contribution >= 4 is 11.6 Å². The van der Waals surface area contributed by atoms with Gasteiger partial charge in [0, 0.05) is 24.0 Å². The summed E-state index contributed by atoms with van der Waals surface area (Å²) in [4.78, 5) is 26.5. The quantitative estimate of drug-likeness (QED) is 0.560. The van der Waals surface area contributed by atoms with Crippen molar-refractivity contribution < 1.29 is 4.79 Å². The molecular weight excluding hydrogens is 384 g/mol. The van der Waals surface area contributed by atoms with Crippen LogP contribution in [0.25, 0.3) is 11.3 Å². The fraction of sp³-hybridized carbons (Fsp3) is 0.333. The van der Waals surface area contributed by atoms with Gasteiger partial charge in [-0.3, -0.25) is 9.59 Å². The maximum absolute atomic E-state index is 13.3. The van der Waals surface area contributed by atoms with Crippen molar-refractivity contribution in [2.24, 2.45) is 5.92 Å². The van der Waals surface area contributed by atoms with Crippen molar-refractivity contribution in [2.45, 2.75) is 52.5 Å². The summed E-state index contributed by atoms with van der Waals surface area (Å²) in [5.41, 5.74) is 4.32. The topological polar surface area (TPSA) is 51.1 Å². The van der Waals surface area contributed by atoms with Crippen LogP contribution in [0.4, 0.5) is 5.69 Å². The molecule has 160 valence electrons. The van der Waals surface area contributed by atoms with Crippen molar-refractivity contribution in [3.05, 3.63) is 87.7 Å². The first kappa shape index (κ1) is 21.1. The summed E-state index contributed by atoms with van der Waals surface area (Å²) in [5, 5.41) is 2.92. The van der Waals surface area contributed by atoms with E-state index in [0.29, 0.717) is 11.6 Å². The maximum atomic E-state index is 13.3. The number of aryl methyl sites for hydroxylation is 2. The van der Waals surface area contributed by atoms with Crippen LogP contribution in [0, 0.1) is 19.8 Å². The maximum Gasteiger partial charge on any atom is 0.261 e. The summed E-state index contributed by atoms with van der Waals surface area (Å²) in [6.07, 6.45) is 6.21. The predicted molar refractivity (Wildman–Crippen MR) is 127 cm³/mol. The number of para-hydroxylation sites is 1. The zero-order chi connectivity index (χ0) is 21.8. The molecule has 0 radical (unpaired) electrons. The molecule has 31 heavy (non-hydrogen) atoms. The largest absolute Gasteiger partial charge is 0.344 e. The fourth-order valence-corrected chi connectivity index (χ4v) is 4.66. The molecule has 4 rings (SSSR count). The fourth-order valence-electron chi connectivity index (χ4n) is 4.66. The number of nitrogens with zero attached hydrogens (tertiary/aromatic N) is 1. The third-order valence-electron chi connectivity index (χ3n) is 6.23. The molecule has 0 atom stereocenters. The van der Waals surface area contributed by atoms with Gasteiger partial charge >= 0.3 is 0 Å². The Morgan fingerprint density at radius 2 is 1.71 bits per heavy atom. The van der Waals surface area contributed by atoms with Gasteiger partial charge in [0.15, 0.2) is 5.43 Å². The number of aromatic nitrogens is 1. The SMILES string of the molecule is Cc1cccc(-c2c(C(=O)Nc3ccccc3)c(=O)cc(C)n2CC2CCCCC2)c1. The van der Waals surface area contributed by atoms with Crippen molar-refractivity contribution in [3.8, 4) is 11.3 Å². The number of carbonyl (C=O) groups is 1. The molecule has 1 N–H and O–H groups in total. The number of hydrogen-bond acceptors (Lipinski definition) is 2. The Bertz CT molecular complexity index is 1130. The molecule has 0 bridgehead atoms. The number of hydrogen-bond donors (Lipinski definition) is 1. The monoisotopic (exact) mass is 414 g/mol. The molecule has 4 heteroatoms. The molecule has 0 aliphatic heterocycles. The first-order valence-corrected chi connectivity index (χ1v) is 11.2. The molecule has 4 nitrogen and oxygen atoms in total. The highest BCUT2D eigenvalue weighted by molar-refractivity contribution is 6.08. The molecule has 2 aromatic carbocycles. The molecule has 1 heterocycles. The Morgan fingerprint density at radius 3 is 2.42 bits per heavy atom. The highest BCUT2D eigenvalue weighted by Crippen LogP contribution is 2.30. The summed E-state index contributed by atoms with van der Waals surface area (Å²) in [6.45, 7) is 4.84. The van der Waals surface area contributed by atoms with Gasteiger partial charge in [0.1, 0.15) is 5.56 Å². The smallest absolute Gasteiger partial charge is 0.261 e. The summed E-state index contributed by atoms with van der Waals surface area (Å²) >= 11 is 0. The van der Waals surface area contributed by atoms with Crippen LogP contribution in [0.1, 0.15) is 53.7 Å². The van der Waals surface area contributed by atoms with Crippen LogP contribution in [0.2, 0.25) is 0 Å². The lowest BCUT2D eigenvalue weighted by Crippen LogP contribution is -2.28. The minimum atomic E-state index is -0.356. The van der Waals surface area contributed by atoms with Crippen LogP contribution in [0.3, 0.4) is 0 Å². The summed E-state index contributed by atoms with van der Waals surface area (Å²) < 4.78 is 2.20. The van der Waals surface area contributed by atoms with E-state index in [1.165, 1.54) is 32.1 Å². The number of rotatable bonds is 5. The van der Waals surface area contributed by atoms with E-state index >= 15 is 0 Å². The molecule has 1 aromatic heterocycles. The molecule has 1 fully saturated rings. The third-order valence-corrected chi connectivity index (χ3v) is 6.23. The number of pyridine rings is 1. The Balaban J connectivity index is 1.85. The zero-order valence-electron chi connectivity index (χ0n) is 18.4. The van der Waals surface area contributed by atoms with E-state index in [-0.39, 0.29) is 16.9 Å². The molecule has 1 saturated carbocycles. The Hall–Kier alpha value is -3.14. The van der Waals surface area contributed by atoms with Gasteiger partial charge in [-0.15, -0.1) is 0 Å². The van der Waals surface area contributed by atoms with E-state index in [1.807, 2.05) is 62.4 Å². The molecule has 1 aliphatic rings. The molecule has 0 spiro atoms. The summed E-state index contributed by atoms with van der Waals surface area (Å²) in [6, 6.07) is 19.0. The lowest BCUT2D eigenvalue weighted by atomic mass is 9.88. The molecule has 1 amide bonds. The van der Waals surface area contributed by atoms with Crippen LogP contribution in [-0.4, -0.2) is 10.5 Å². The van der Waals surface area contributed by atoms with Crippen LogP contribution in [0.5, 0.6) is 0 Å². The minimum Gasteiger partial charge on any atom is -0.344 e. The number of amides is 1. The molecule has 3 aromatic rings. The number of carbonyl (C=O) groups excluding carboxylic acids is 1. The lowest BCUT2D eigenvalue weighted by molar-refractivity contribution is 0.102. The second kappa shape index (κ2) is 9.34. The Morgan fingerprint density at radius 1 is 0.968 bits per heavy atom. The average molecular weight is 415 g/mol. The van der Waals surface area contributed by atoms with E-state index in [9.17, 15) is 9.59 Å². The van der Waals surface area contributed by atoms with E-state index in [1.54, 1.807) is 6.07 Å². The lowest BCUT2D eigenvalue weighted by Gasteiger charge is -2.27. The summed E-state index contributed by atoms with van der Waals surface area (Å²) in [7, 11) is 0. The molecular formula is C27H30N2O2. The first-order valence-electron chi connectivity index (χ1n) is 11.2. The normalized spacial score (nSPS) is 14.4. The highest BCUT2D eigenvalue weighted by atomic mass is 16.2. The second-order valence-electron chi connectivity index (χ2n) is 8.68. The average Bonchev–Trinajstić information content (AvgIpc) is 2.76. The Labute approximate surface area is 183 Å². The van der Waals surface area contributed by atoms with Crippen LogP contribution in [0.15, 0.2) is 65.5 Å². The molecule has 0 saturated heterocycles. The van der Waals surface area contributed by atoms with Gasteiger partial charge in [0.05, 0.1) is 5.69 Å². The van der Waals surface area contributed by atoms with Gasteiger partial charge in [0.25, 0.3) is 5.91 Å². The van der Waals surface area contributed by atoms with Crippen molar-refractivity contribution in [2.75, 3.05) is 5.32 Å². The van der Waals surface area contributed by atoms with Gasteiger partial charge in [-0.05, 0) is 56.4 Å². The van der Waals surface area contributed by atoms with Gasteiger partial charge < -0.3 is 9.88 Å². The van der Waals surface area contributed by atoms with Crippen LogP contribution >= 0.6 is 0 Å². The van der Waals surface area contributed by atoms with Crippen molar-refractivity contribution in [1.29, 1.82) is 0 Å². The Kier molecular flexibility index (Phi) is 6.36. The number of benzene rings is 2. The predicted octanol–water partition coefficient (Wildman–Crippen LogP) is 5.96. The van der Waals surface area contributed by atoms with Crippen molar-refractivity contribution in [1.82, 2.24) is 4.57 Å². The number of nitrogens with one attached hydrogen (secondary N) is 1. The van der Waals surface area contributed by atoms with Crippen LogP contribution in [-0.2, 0) is 6.54 Å². The van der Waals surface area contributed by atoms with Gasteiger partial charge in [-0.25, -0.2) is 0 Å². The molecule has 0 unspecified atom stereocenters. The standard InChI is InChI=1S/C27H30N2O2/c1-19-10-9-13-22(16-19)26-25(27(31)28-23-14-7-4-8-15-23)24(30)17-20(2)29(26)18-21-11-5-3-6-12-21/h4,7-10,13-17,21H,3,5-6,11-12,18H2,1-2H3,(H,28,31). The van der Waals surface area contributed by atoms with E-state index in [2.05, 4.69) is 16.0 Å². The van der Waals surface area contributed by atoms with E-state index in [4.69, 9.17) is 0 Å². The van der Waals surface area contributed by atoms with Gasteiger partial charge in [-0.1, -0.05) is 61.2 Å². The minimum absolute atomic E-state index is 0.218. The third kappa shape index (κ3) is 4.79. The highest BCUT2D eigenvalue weighted by Gasteiger charge is 2.24. The summed E-state index contributed by atoms with van der Waals surface area (Å²) in [5.74, 6) is 0.216. The van der Waals surface area contributed by atoms with Crippen LogP contribution < -0.4 is 10.7 Å². The van der Waals surface area contributed by atoms with Gasteiger partial charge in [-0.2, -0.15) is 0 Å². The van der Waals surface area contributed by atoms with E-state index < -0.39 is 0 Å². The number of anilines is 1. The molecule has 1 aliphatic carbocycles. The first-order chi connectivity index (χ1) is 15.0.